The van der Waals surface area contributed by atoms with E-state index < -0.39 is 0 Å². The summed E-state index contributed by atoms with van der Waals surface area (Å²) in [5.74, 6) is 0.000602. The highest BCUT2D eigenvalue weighted by atomic mass is 16.2. The molecule has 1 unspecified atom stereocenters. The highest BCUT2D eigenvalue weighted by Crippen LogP contribution is 2.10. The molecule has 0 fully saturated rings. The van der Waals surface area contributed by atoms with Crippen molar-refractivity contribution in [1.29, 1.82) is 0 Å². The second kappa shape index (κ2) is 5.82. The third kappa shape index (κ3) is 3.06. The maximum absolute atomic E-state index is 12.2. The molecule has 0 spiro atoms. The van der Waals surface area contributed by atoms with Crippen molar-refractivity contribution in [2.45, 2.75) is 32.7 Å². The summed E-state index contributed by atoms with van der Waals surface area (Å²) in [6.45, 7) is 4.61. The smallest absolute Gasteiger partial charge is 0.272 e. The number of carbonyl (C=O) groups excluding carboxylic acids is 1. The molecule has 2 N–H and O–H groups in total. The molecule has 96 valence electrons. The van der Waals surface area contributed by atoms with Crippen molar-refractivity contribution in [2.24, 2.45) is 12.8 Å². The van der Waals surface area contributed by atoms with Crippen LogP contribution in [-0.2, 0) is 13.5 Å². The van der Waals surface area contributed by atoms with Gasteiger partial charge in [-0.2, -0.15) is 5.10 Å². The average Bonchev–Trinajstić information content (AvgIpc) is 2.69. The molecule has 1 atom stereocenters. The number of rotatable bonds is 5. The minimum Gasteiger partial charge on any atom is -0.338 e. The fraction of sp³-hybridized carbons (Fsp3) is 0.667. The van der Waals surface area contributed by atoms with Gasteiger partial charge in [-0.25, -0.2) is 0 Å². The number of amides is 1. The molecule has 0 radical (unpaired) electrons. The van der Waals surface area contributed by atoms with Gasteiger partial charge in [0, 0.05) is 20.1 Å². The van der Waals surface area contributed by atoms with Crippen molar-refractivity contribution in [3.05, 3.63) is 17.5 Å². The van der Waals surface area contributed by atoms with Gasteiger partial charge in [0.2, 0.25) is 0 Å². The van der Waals surface area contributed by atoms with Crippen LogP contribution in [0.25, 0.3) is 0 Å². The first kappa shape index (κ1) is 13.7. The van der Waals surface area contributed by atoms with Crippen molar-refractivity contribution in [1.82, 2.24) is 14.7 Å². The summed E-state index contributed by atoms with van der Waals surface area (Å²) in [6.07, 6.45) is 1.64. The molecule has 5 nitrogen and oxygen atoms in total. The SMILES string of the molecule is CCc1cc(C(=O)N(C)C(C)CCN)n(C)n1. The first-order valence-corrected chi connectivity index (χ1v) is 6.01. The van der Waals surface area contributed by atoms with Crippen LogP contribution in [0, 0.1) is 0 Å². The zero-order valence-corrected chi connectivity index (χ0v) is 11.1. The van der Waals surface area contributed by atoms with Gasteiger partial charge in [-0.3, -0.25) is 9.48 Å². The second-order valence-corrected chi connectivity index (χ2v) is 4.34. The van der Waals surface area contributed by atoms with Crippen LogP contribution >= 0.6 is 0 Å². The Hall–Kier alpha value is -1.36. The van der Waals surface area contributed by atoms with E-state index in [1.54, 1.807) is 23.7 Å². The van der Waals surface area contributed by atoms with E-state index in [9.17, 15) is 4.79 Å². The molecule has 0 saturated heterocycles. The van der Waals surface area contributed by atoms with Crippen molar-refractivity contribution >= 4 is 5.91 Å². The summed E-state index contributed by atoms with van der Waals surface area (Å²) in [6, 6.07) is 2.00. The van der Waals surface area contributed by atoms with Crippen LogP contribution in [0.4, 0.5) is 0 Å². The van der Waals surface area contributed by atoms with E-state index >= 15 is 0 Å². The molecule has 1 amide bonds. The second-order valence-electron chi connectivity index (χ2n) is 4.34. The van der Waals surface area contributed by atoms with E-state index in [2.05, 4.69) is 5.10 Å². The van der Waals surface area contributed by atoms with Crippen molar-refractivity contribution < 1.29 is 4.79 Å². The molecule has 0 aliphatic carbocycles. The minimum absolute atomic E-state index is 0.000602. The highest BCUT2D eigenvalue weighted by Gasteiger charge is 2.20. The fourth-order valence-electron chi connectivity index (χ4n) is 1.72. The molecular formula is C12H22N4O. The normalized spacial score (nSPS) is 12.5. The van der Waals surface area contributed by atoms with Crippen LogP contribution in [-0.4, -0.2) is 40.2 Å². The summed E-state index contributed by atoms with van der Waals surface area (Å²) in [5, 5.41) is 4.28. The Morgan fingerprint density at radius 2 is 2.29 bits per heavy atom. The van der Waals surface area contributed by atoms with Crippen LogP contribution < -0.4 is 5.73 Å². The molecular weight excluding hydrogens is 216 g/mol. The summed E-state index contributed by atoms with van der Waals surface area (Å²) >= 11 is 0. The summed E-state index contributed by atoms with van der Waals surface area (Å²) in [7, 11) is 3.61. The van der Waals surface area contributed by atoms with Gasteiger partial charge in [0.05, 0.1) is 5.69 Å². The largest absolute Gasteiger partial charge is 0.338 e. The molecule has 1 rings (SSSR count). The molecule has 0 bridgehead atoms. The van der Waals surface area contributed by atoms with Crippen LogP contribution in [0.3, 0.4) is 0 Å². The number of hydrogen-bond acceptors (Lipinski definition) is 3. The van der Waals surface area contributed by atoms with E-state index in [1.807, 2.05) is 19.9 Å². The number of carbonyl (C=O) groups is 1. The summed E-state index contributed by atoms with van der Waals surface area (Å²) < 4.78 is 1.65. The number of nitrogens with zero attached hydrogens (tertiary/aromatic N) is 3. The van der Waals surface area contributed by atoms with Gasteiger partial charge >= 0.3 is 0 Å². The molecule has 0 aromatic carbocycles. The van der Waals surface area contributed by atoms with Crippen molar-refractivity contribution in [3.8, 4) is 0 Å². The number of hydrogen-bond donors (Lipinski definition) is 1. The third-order valence-electron chi connectivity index (χ3n) is 3.08. The van der Waals surface area contributed by atoms with E-state index in [0.29, 0.717) is 12.2 Å². The molecule has 17 heavy (non-hydrogen) atoms. The topological polar surface area (TPSA) is 64.2 Å². The lowest BCUT2D eigenvalue weighted by atomic mass is 10.2. The number of aryl methyl sites for hydroxylation is 2. The highest BCUT2D eigenvalue weighted by molar-refractivity contribution is 5.92. The van der Waals surface area contributed by atoms with Gasteiger partial charge in [-0.1, -0.05) is 6.92 Å². The van der Waals surface area contributed by atoms with E-state index in [0.717, 1.165) is 18.5 Å². The van der Waals surface area contributed by atoms with Crippen LogP contribution in [0.2, 0.25) is 0 Å². The van der Waals surface area contributed by atoms with Gasteiger partial charge in [-0.05, 0) is 32.4 Å². The Kier molecular flexibility index (Phi) is 4.69. The van der Waals surface area contributed by atoms with Gasteiger partial charge in [0.15, 0.2) is 0 Å². The predicted molar refractivity (Wildman–Crippen MR) is 67.8 cm³/mol. The third-order valence-corrected chi connectivity index (χ3v) is 3.08. The lowest BCUT2D eigenvalue weighted by molar-refractivity contribution is 0.0728. The maximum atomic E-state index is 12.2. The molecule has 0 aliphatic heterocycles. The van der Waals surface area contributed by atoms with Crippen LogP contribution in [0.5, 0.6) is 0 Å². The first-order valence-electron chi connectivity index (χ1n) is 6.01. The minimum atomic E-state index is 0.000602. The fourth-order valence-corrected chi connectivity index (χ4v) is 1.72. The molecule has 1 aromatic heterocycles. The standard InChI is InChI=1S/C12H22N4O/c1-5-10-8-11(16(4)14-10)12(17)15(3)9(2)6-7-13/h8-9H,5-7,13H2,1-4H3. The maximum Gasteiger partial charge on any atom is 0.272 e. The van der Waals surface area contributed by atoms with E-state index in [4.69, 9.17) is 5.73 Å². The van der Waals surface area contributed by atoms with Gasteiger partial charge < -0.3 is 10.6 Å². The summed E-state index contributed by atoms with van der Waals surface area (Å²) in [4.78, 5) is 14.0. The average molecular weight is 238 g/mol. The molecule has 1 heterocycles. The monoisotopic (exact) mass is 238 g/mol. The first-order chi connectivity index (χ1) is 8.01. The Balaban J connectivity index is 2.84. The van der Waals surface area contributed by atoms with Crippen LogP contribution in [0.1, 0.15) is 36.5 Å². The number of nitrogens with two attached hydrogens (primary N) is 1. The molecule has 0 aliphatic rings. The van der Waals surface area contributed by atoms with E-state index in [1.165, 1.54) is 0 Å². The van der Waals surface area contributed by atoms with Crippen molar-refractivity contribution in [3.63, 3.8) is 0 Å². The van der Waals surface area contributed by atoms with Gasteiger partial charge in [-0.15, -0.1) is 0 Å². The Bertz CT molecular complexity index is 386. The Morgan fingerprint density at radius 1 is 1.65 bits per heavy atom. The lowest BCUT2D eigenvalue weighted by Gasteiger charge is -2.24. The predicted octanol–water partition coefficient (Wildman–Crippen LogP) is 0.792. The molecule has 0 saturated carbocycles. The van der Waals surface area contributed by atoms with Crippen molar-refractivity contribution in [2.75, 3.05) is 13.6 Å². The zero-order chi connectivity index (χ0) is 13.0. The Labute approximate surface area is 103 Å². The molecule has 5 heteroatoms. The van der Waals surface area contributed by atoms with Crippen LogP contribution in [0.15, 0.2) is 6.07 Å². The lowest BCUT2D eigenvalue weighted by Crippen LogP contribution is -2.37. The number of aromatic nitrogens is 2. The van der Waals surface area contributed by atoms with E-state index in [-0.39, 0.29) is 11.9 Å². The summed E-state index contributed by atoms with van der Waals surface area (Å²) in [5.41, 5.74) is 7.08. The van der Waals surface area contributed by atoms with Gasteiger partial charge in [0.25, 0.3) is 5.91 Å². The Morgan fingerprint density at radius 3 is 2.76 bits per heavy atom. The van der Waals surface area contributed by atoms with Gasteiger partial charge in [0.1, 0.15) is 5.69 Å². The molecule has 1 aromatic rings. The quantitative estimate of drug-likeness (QED) is 0.825. The zero-order valence-electron chi connectivity index (χ0n) is 11.1.